The molecule has 0 atom stereocenters. The monoisotopic (exact) mass is 619 g/mol. The topological polar surface area (TPSA) is 91.7 Å². The van der Waals surface area contributed by atoms with Gasteiger partial charge in [-0.3, -0.25) is 0 Å². The molecule has 3 aromatic rings. The van der Waals surface area contributed by atoms with Crippen molar-refractivity contribution in [2.75, 3.05) is 32.2 Å². The van der Waals surface area contributed by atoms with E-state index in [9.17, 15) is 34.8 Å². The van der Waals surface area contributed by atoms with Gasteiger partial charge in [-0.15, -0.1) is 0 Å². The average Bonchev–Trinajstić information content (AvgIpc) is 3.27. The molecule has 2 aliphatic rings. The molecule has 0 bridgehead atoms. The fourth-order valence-corrected chi connectivity index (χ4v) is 6.21. The van der Waals surface area contributed by atoms with Crippen LogP contribution in [-0.2, 0) is 37.8 Å². The van der Waals surface area contributed by atoms with E-state index in [4.69, 9.17) is 14.2 Å². The summed E-state index contributed by atoms with van der Waals surface area (Å²) in [6.45, 7) is 1.31. The number of aromatic nitrogens is 2. The van der Waals surface area contributed by atoms with Crippen LogP contribution in [0.4, 0.5) is 26.3 Å². The number of ether oxygens (including phenoxy) is 3. The minimum absolute atomic E-state index is 0.159. The summed E-state index contributed by atoms with van der Waals surface area (Å²) in [5.41, 5.74) is -0.871. The number of nitrogens with zero attached hydrogens (tertiary/aromatic N) is 2. The Labute approximate surface area is 237 Å². The molecule has 5 rings (SSSR count). The first kappa shape index (κ1) is 30.3. The molecule has 1 N–H and O–H groups in total. The Morgan fingerprint density at radius 2 is 1.67 bits per heavy atom. The molecule has 2 saturated heterocycles. The summed E-state index contributed by atoms with van der Waals surface area (Å²) >= 11 is 0. The van der Waals surface area contributed by atoms with Crippen molar-refractivity contribution in [2.24, 2.45) is 5.92 Å². The van der Waals surface area contributed by atoms with Gasteiger partial charge in [0.15, 0.2) is 5.75 Å². The lowest BCUT2D eigenvalue weighted by atomic mass is 9.88. The largest absolute Gasteiger partial charge is 0.439 e. The summed E-state index contributed by atoms with van der Waals surface area (Å²) in [7, 11) is -4.72. The number of benzene rings is 2. The molecule has 0 radical (unpaired) electrons. The van der Waals surface area contributed by atoms with Gasteiger partial charge < -0.3 is 14.2 Å². The predicted molar refractivity (Wildman–Crippen MR) is 138 cm³/mol. The molecule has 15 heteroatoms. The van der Waals surface area contributed by atoms with E-state index in [-0.39, 0.29) is 30.8 Å². The lowest BCUT2D eigenvalue weighted by molar-refractivity contribution is -0.137. The molecule has 0 spiro atoms. The smallest absolute Gasteiger partial charge is 0.416 e. The van der Waals surface area contributed by atoms with Gasteiger partial charge in [-0.25, -0.2) is 13.1 Å². The molecule has 0 amide bonds. The summed E-state index contributed by atoms with van der Waals surface area (Å²) in [4.78, 5) is 0. The zero-order valence-electron chi connectivity index (χ0n) is 22.0. The third kappa shape index (κ3) is 7.25. The summed E-state index contributed by atoms with van der Waals surface area (Å²) < 4.78 is 122. The first-order valence-electron chi connectivity index (χ1n) is 13.0. The Morgan fingerprint density at radius 1 is 0.976 bits per heavy atom. The van der Waals surface area contributed by atoms with Crippen molar-refractivity contribution in [3.05, 3.63) is 65.7 Å². The van der Waals surface area contributed by atoms with Crippen molar-refractivity contribution in [3.63, 3.8) is 0 Å². The highest BCUT2D eigenvalue weighted by molar-refractivity contribution is 7.89. The second kappa shape index (κ2) is 11.5. The number of alkyl halides is 6. The van der Waals surface area contributed by atoms with E-state index in [1.807, 2.05) is 0 Å². The molecule has 1 aromatic heterocycles. The third-order valence-electron chi connectivity index (χ3n) is 7.03. The van der Waals surface area contributed by atoms with Crippen LogP contribution in [0.15, 0.2) is 54.6 Å². The Morgan fingerprint density at radius 3 is 2.26 bits per heavy atom. The van der Waals surface area contributed by atoms with Crippen LogP contribution in [0.25, 0.3) is 11.3 Å². The average molecular weight is 620 g/mol. The van der Waals surface area contributed by atoms with Gasteiger partial charge in [0.05, 0.1) is 24.5 Å². The van der Waals surface area contributed by atoms with Crippen LogP contribution in [0.1, 0.15) is 24.0 Å². The van der Waals surface area contributed by atoms with Gasteiger partial charge in [0.2, 0.25) is 15.9 Å². The fourth-order valence-electron chi connectivity index (χ4n) is 4.88. The first-order valence-corrected chi connectivity index (χ1v) is 14.6. The SMILES string of the molecule is O=S(=O)(CC(F)(F)F)NC1(c2cccc(-c3cc(Oc4ccc(C(F)(F)F)cc4)n(CC4CCOCC4)n3)c2)COC1. The third-order valence-corrected chi connectivity index (χ3v) is 8.44. The van der Waals surface area contributed by atoms with Crippen LogP contribution < -0.4 is 9.46 Å². The number of nitrogens with one attached hydrogen (secondary N) is 1. The number of halogens is 6. The molecule has 2 fully saturated rings. The second-order valence-electron chi connectivity index (χ2n) is 10.4. The van der Waals surface area contributed by atoms with Crippen LogP contribution in [0, 0.1) is 5.92 Å². The molecule has 2 aliphatic heterocycles. The molecule has 0 unspecified atom stereocenters. The van der Waals surface area contributed by atoms with Crippen LogP contribution in [0.3, 0.4) is 0 Å². The second-order valence-corrected chi connectivity index (χ2v) is 12.1. The van der Waals surface area contributed by atoms with E-state index in [1.165, 1.54) is 12.1 Å². The van der Waals surface area contributed by atoms with Gasteiger partial charge >= 0.3 is 12.4 Å². The van der Waals surface area contributed by atoms with Gasteiger partial charge in [0, 0.05) is 31.4 Å². The zero-order valence-corrected chi connectivity index (χ0v) is 22.9. The van der Waals surface area contributed by atoms with Crippen LogP contribution in [0.5, 0.6) is 11.6 Å². The number of sulfonamides is 1. The van der Waals surface area contributed by atoms with Crippen molar-refractivity contribution in [1.29, 1.82) is 0 Å². The van der Waals surface area contributed by atoms with Crippen LogP contribution in [-0.4, -0.2) is 56.6 Å². The van der Waals surface area contributed by atoms with Gasteiger partial charge in [0.25, 0.3) is 0 Å². The number of hydrogen-bond donors (Lipinski definition) is 1. The van der Waals surface area contributed by atoms with E-state index in [1.54, 1.807) is 35.0 Å². The van der Waals surface area contributed by atoms with Crippen molar-refractivity contribution in [2.45, 2.75) is 37.3 Å². The summed E-state index contributed by atoms with van der Waals surface area (Å²) in [5, 5.41) is 4.67. The lowest BCUT2D eigenvalue weighted by Gasteiger charge is -2.42. The molecular formula is C27H27F6N3O5S. The highest BCUT2D eigenvalue weighted by Gasteiger charge is 2.46. The summed E-state index contributed by atoms with van der Waals surface area (Å²) in [6, 6.07) is 12.4. The molecule has 228 valence electrons. The quantitative estimate of drug-likeness (QED) is 0.319. The number of hydrogen-bond acceptors (Lipinski definition) is 6. The minimum Gasteiger partial charge on any atom is -0.439 e. The molecule has 3 heterocycles. The predicted octanol–water partition coefficient (Wildman–Crippen LogP) is 5.50. The van der Waals surface area contributed by atoms with E-state index in [0.717, 1.165) is 25.0 Å². The zero-order chi connectivity index (χ0) is 30.2. The van der Waals surface area contributed by atoms with Crippen LogP contribution >= 0.6 is 0 Å². The van der Waals surface area contributed by atoms with E-state index < -0.39 is 39.2 Å². The molecule has 0 saturated carbocycles. The Kier molecular flexibility index (Phi) is 8.31. The van der Waals surface area contributed by atoms with E-state index in [0.29, 0.717) is 36.6 Å². The molecule has 42 heavy (non-hydrogen) atoms. The molecule has 8 nitrogen and oxygen atoms in total. The van der Waals surface area contributed by atoms with E-state index >= 15 is 0 Å². The van der Waals surface area contributed by atoms with Gasteiger partial charge in [-0.1, -0.05) is 18.2 Å². The maximum Gasteiger partial charge on any atom is 0.416 e. The van der Waals surface area contributed by atoms with Gasteiger partial charge in [-0.05, 0) is 54.7 Å². The Balaban J connectivity index is 1.44. The van der Waals surface area contributed by atoms with Crippen molar-refractivity contribution in [3.8, 4) is 22.9 Å². The Bertz CT molecular complexity index is 1500. The standard InChI is InChI=1S/C27H27F6N3O5S/c28-26(29,30)17-42(37,38)35-25(15-40-16-25)21-3-1-2-19(12-21)23-13-24(36(34-23)14-18-8-10-39-11-9-18)41-22-6-4-20(5-7-22)27(31,32)33/h1-7,12-13,18,35H,8-11,14-17H2. The van der Waals surface area contributed by atoms with Crippen molar-refractivity contribution >= 4 is 10.0 Å². The molecule has 0 aliphatic carbocycles. The maximum atomic E-state index is 13.0. The highest BCUT2D eigenvalue weighted by Crippen LogP contribution is 2.36. The molecular weight excluding hydrogens is 592 g/mol. The van der Waals surface area contributed by atoms with Crippen LogP contribution in [0.2, 0.25) is 0 Å². The first-order chi connectivity index (χ1) is 19.7. The minimum atomic E-state index is -4.92. The highest BCUT2D eigenvalue weighted by atomic mass is 32.2. The number of rotatable bonds is 9. The van der Waals surface area contributed by atoms with Crippen molar-refractivity contribution in [1.82, 2.24) is 14.5 Å². The van der Waals surface area contributed by atoms with E-state index in [2.05, 4.69) is 9.82 Å². The van der Waals surface area contributed by atoms with Crippen molar-refractivity contribution < 1.29 is 49.0 Å². The lowest BCUT2D eigenvalue weighted by Crippen LogP contribution is -2.60. The summed E-state index contributed by atoms with van der Waals surface area (Å²) in [6.07, 6.45) is -7.85. The Hall–Kier alpha value is -3.14. The summed E-state index contributed by atoms with van der Waals surface area (Å²) in [5.74, 6) is -1.37. The molecule has 2 aromatic carbocycles. The fraction of sp³-hybridized carbons (Fsp3) is 0.444. The normalized spacial score (nSPS) is 18.0. The van der Waals surface area contributed by atoms with Gasteiger partial charge in [0.1, 0.15) is 11.3 Å². The van der Waals surface area contributed by atoms with Gasteiger partial charge in [-0.2, -0.15) is 36.2 Å². The maximum absolute atomic E-state index is 13.0.